The molecule has 8 nitrogen and oxygen atoms in total. The van der Waals surface area contributed by atoms with Crippen molar-refractivity contribution in [2.24, 2.45) is 0 Å². The summed E-state index contributed by atoms with van der Waals surface area (Å²) >= 11 is 0. The first-order valence-electron chi connectivity index (χ1n) is 9.17. The number of urea groups is 1. The van der Waals surface area contributed by atoms with Gasteiger partial charge >= 0.3 is 6.03 Å². The number of amides is 5. The van der Waals surface area contributed by atoms with Gasteiger partial charge in [0.15, 0.2) is 0 Å². The molecule has 0 atom stereocenters. The molecule has 1 aromatic rings. The van der Waals surface area contributed by atoms with Crippen LogP contribution in [0.2, 0.25) is 0 Å². The summed E-state index contributed by atoms with van der Waals surface area (Å²) in [6.07, 6.45) is 0.0870. The Hall–Kier alpha value is -2.90. The molecule has 8 heteroatoms. The monoisotopic (exact) mass is 372 g/mol. The minimum Gasteiger partial charge on any atom is -0.339 e. The maximum Gasteiger partial charge on any atom is 0.317 e. The van der Waals surface area contributed by atoms with Crippen LogP contribution in [0.15, 0.2) is 24.3 Å². The zero-order valence-corrected chi connectivity index (χ0v) is 15.6. The highest BCUT2D eigenvalue weighted by Gasteiger charge is 2.35. The third-order valence-electron chi connectivity index (χ3n) is 4.76. The van der Waals surface area contributed by atoms with Crippen LogP contribution in [0.5, 0.6) is 0 Å². The first kappa shape index (κ1) is 18.9. The molecule has 5 amide bonds. The Morgan fingerprint density at radius 1 is 0.963 bits per heavy atom. The Balaban J connectivity index is 1.49. The molecule has 1 N–H and O–H groups in total. The second-order valence-corrected chi connectivity index (χ2v) is 7.03. The van der Waals surface area contributed by atoms with E-state index in [0.29, 0.717) is 37.3 Å². The topological polar surface area (TPSA) is 90.0 Å². The van der Waals surface area contributed by atoms with Gasteiger partial charge in [0, 0.05) is 45.2 Å². The molecular formula is C19H24N4O4. The molecule has 2 aliphatic heterocycles. The normalized spacial score (nSPS) is 16.8. The van der Waals surface area contributed by atoms with Gasteiger partial charge in [-0.25, -0.2) is 4.79 Å². The molecule has 2 aliphatic rings. The summed E-state index contributed by atoms with van der Waals surface area (Å²) in [6.45, 7) is 5.71. The lowest BCUT2D eigenvalue weighted by Crippen LogP contribution is -2.54. The average Bonchev–Trinajstić information content (AvgIpc) is 2.90. The average molecular weight is 372 g/mol. The number of rotatable bonds is 4. The van der Waals surface area contributed by atoms with E-state index in [4.69, 9.17) is 0 Å². The minimum absolute atomic E-state index is 0.0665. The molecule has 1 saturated heterocycles. The van der Waals surface area contributed by atoms with Gasteiger partial charge in [-0.3, -0.25) is 19.3 Å². The maximum absolute atomic E-state index is 12.5. The SMILES string of the molecule is CC(C)NC(=O)N1CCN(C(=O)CCN2C(=O)c3ccccc3C2=O)CC1. The molecule has 144 valence electrons. The van der Waals surface area contributed by atoms with Gasteiger partial charge in [0.25, 0.3) is 11.8 Å². The fourth-order valence-corrected chi connectivity index (χ4v) is 3.30. The Morgan fingerprint density at radius 3 is 2.00 bits per heavy atom. The predicted molar refractivity (Wildman–Crippen MR) is 98.2 cm³/mol. The number of piperazine rings is 1. The highest BCUT2D eigenvalue weighted by Crippen LogP contribution is 2.22. The zero-order chi connectivity index (χ0) is 19.6. The van der Waals surface area contributed by atoms with Crippen LogP contribution in [0.3, 0.4) is 0 Å². The van der Waals surface area contributed by atoms with Crippen molar-refractivity contribution in [3.63, 3.8) is 0 Å². The summed E-state index contributed by atoms with van der Waals surface area (Å²) in [4.78, 5) is 53.6. The minimum atomic E-state index is -0.349. The molecular weight excluding hydrogens is 348 g/mol. The first-order valence-corrected chi connectivity index (χ1v) is 9.17. The van der Waals surface area contributed by atoms with Crippen molar-refractivity contribution in [2.45, 2.75) is 26.3 Å². The Morgan fingerprint density at radius 2 is 1.48 bits per heavy atom. The molecule has 0 unspecified atom stereocenters. The number of imide groups is 1. The van der Waals surface area contributed by atoms with E-state index in [-0.39, 0.29) is 42.8 Å². The third-order valence-corrected chi connectivity index (χ3v) is 4.76. The van der Waals surface area contributed by atoms with E-state index in [1.807, 2.05) is 13.8 Å². The van der Waals surface area contributed by atoms with Crippen molar-refractivity contribution in [1.82, 2.24) is 20.0 Å². The smallest absolute Gasteiger partial charge is 0.317 e. The standard InChI is InChI=1S/C19H24N4O4/c1-13(2)20-19(27)22-11-9-21(10-12-22)16(24)7-8-23-17(25)14-5-3-4-6-15(14)18(23)26/h3-6,13H,7-12H2,1-2H3,(H,20,27). The van der Waals surface area contributed by atoms with Crippen molar-refractivity contribution < 1.29 is 19.2 Å². The highest BCUT2D eigenvalue weighted by molar-refractivity contribution is 6.21. The number of nitrogens with zero attached hydrogens (tertiary/aromatic N) is 3. The highest BCUT2D eigenvalue weighted by atomic mass is 16.2. The lowest BCUT2D eigenvalue weighted by molar-refractivity contribution is -0.132. The molecule has 0 aliphatic carbocycles. The third kappa shape index (κ3) is 3.94. The van der Waals surface area contributed by atoms with E-state index in [1.165, 1.54) is 0 Å². The maximum atomic E-state index is 12.5. The molecule has 2 heterocycles. The van der Waals surface area contributed by atoms with Gasteiger partial charge in [0.1, 0.15) is 0 Å². The van der Waals surface area contributed by atoms with E-state index < -0.39 is 0 Å². The molecule has 27 heavy (non-hydrogen) atoms. The lowest BCUT2D eigenvalue weighted by atomic mass is 10.1. The van der Waals surface area contributed by atoms with Crippen molar-refractivity contribution in [3.8, 4) is 0 Å². The summed E-state index contributed by atoms with van der Waals surface area (Å²) < 4.78 is 0. The molecule has 0 aromatic heterocycles. The second-order valence-electron chi connectivity index (χ2n) is 7.03. The quantitative estimate of drug-likeness (QED) is 0.797. The molecule has 0 saturated carbocycles. The number of carbonyl (C=O) groups excluding carboxylic acids is 4. The molecule has 0 spiro atoms. The van der Waals surface area contributed by atoms with E-state index in [0.717, 1.165) is 4.90 Å². The van der Waals surface area contributed by atoms with Crippen LogP contribution in [0.4, 0.5) is 4.79 Å². The predicted octanol–water partition coefficient (Wildman–Crippen LogP) is 0.935. The summed E-state index contributed by atoms with van der Waals surface area (Å²) in [7, 11) is 0. The van der Waals surface area contributed by atoms with Gasteiger partial charge in [-0.15, -0.1) is 0 Å². The largest absolute Gasteiger partial charge is 0.339 e. The van der Waals surface area contributed by atoms with Crippen molar-refractivity contribution in [1.29, 1.82) is 0 Å². The van der Waals surface area contributed by atoms with Crippen LogP contribution >= 0.6 is 0 Å². The van der Waals surface area contributed by atoms with Crippen LogP contribution in [0, 0.1) is 0 Å². The van der Waals surface area contributed by atoms with Crippen molar-refractivity contribution >= 4 is 23.8 Å². The van der Waals surface area contributed by atoms with Gasteiger partial charge < -0.3 is 15.1 Å². The molecule has 3 rings (SSSR count). The Labute approximate surface area is 158 Å². The van der Waals surface area contributed by atoms with Gasteiger partial charge in [0.05, 0.1) is 11.1 Å². The number of fused-ring (bicyclic) bond motifs is 1. The summed E-state index contributed by atoms with van der Waals surface area (Å²) in [5.74, 6) is -0.812. The van der Waals surface area contributed by atoms with Crippen LogP contribution in [0.1, 0.15) is 41.0 Å². The molecule has 0 radical (unpaired) electrons. The molecule has 1 aromatic carbocycles. The Kier molecular flexibility index (Phi) is 5.43. The first-order chi connectivity index (χ1) is 12.9. The van der Waals surface area contributed by atoms with Crippen LogP contribution in [-0.4, -0.2) is 77.2 Å². The number of hydrogen-bond acceptors (Lipinski definition) is 4. The van der Waals surface area contributed by atoms with E-state index >= 15 is 0 Å². The van der Waals surface area contributed by atoms with Crippen LogP contribution in [-0.2, 0) is 4.79 Å². The van der Waals surface area contributed by atoms with Gasteiger partial charge in [0.2, 0.25) is 5.91 Å². The van der Waals surface area contributed by atoms with Crippen LogP contribution in [0.25, 0.3) is 0 Å². The molecule has 1 fully saturated rings. The summed E-state index contributed by atoms with van der Waals surface area (Å²) in [5, 5.41) is 2.84. The second kappa shape index (κ2) is 7.77. The van der Waals surface area contributed by atoms with Gasteiger partial charge in [-0.2, -0.15) is 0 Å². The zero-order valence-electron chi connectivity index (χ0n) is 15.6. The lowest BCUT2D eigenvalue weighted by Gasteiger charge is -2.35. The summed E-state index contributed by atoms with van der Waals surface area (Å²) in [6, 6.07) is 6.62. The number of hydrogen-bond donors (Lipinski definition) is 1. The number of nitrogens with one attached hydrogen (secondary N) is 1. The number of carbonyl (C=O) groups is 4. The number of benzene rings is 1. The molecule has 0 bridgehead atoms. The van der Waals surface area contributed by atoms with Crippen molar-refractivity contribution in [3.05, 3.63) is 35.4 Å². The van der Waals surface area contributed by atoms with Gasteiger partial charge in [-0.1, -0.05) is 12.1 Å². The Bertz CT molecular complexity index is 734. The fraction of sp³-hybridized carbons (Fsp3) is 0.474. The van der Waals surface area contributed by atoms with E-state index in [9.17, 15) is 19.2 Å². The van der Waals surface area contributed by atoms with Crippen LogP contribution < -0.4 is 5.32 Å². The fourth-order valence-electron chi connectivity index (χ4n) is 3.30. The van der Waals surface area contributed by atoms with E-state index in [2.05, 4.69) is 5.32 Å². The summed E-state index contributed by atoms with van der Waals surface area (Å²) in [5.41, 5.74) is 0.777. The van der Waals surface area contributed by atoms with E-state index in [1.54, 1.807) is 34.1 Å². The van der Waals surface area contributed by atoms with Gasteiger partial charge in [-0.05, 0) is 26.0 Å². The van der Waals surface area contributed by atoms with Crippen molar-refractivity contribution in [2.75, 3.05) is 32.7 Å².